The Morgan fingerprint density at radius 2 is 1.86 bits per heavy atom. The van der Waals surface area contributed by atoms with Crippen molar-refractivity contribution in [1.29, 1.82) is 0 Å². The van der Waals surface area contributed by atoms with Crippen molar-refractivity contribution in [1.82, 2.24) is 10.2 Å². The van der Waals surface area contributed by atoms with Crippen LogP contribution < -0.4 is 5.32 Å². The molecule has 0 aromatic rings. The Bertz CT molecular complexity index is 241. The van der Waals surface area contributed by atoms with E-state index in [-0.39, 0.29) is 11.9 Å². The molecule has 3 aliphatic heterocycles. The lowest BCUT2D eigenvalue weighted by atomic mass is 10.1. The normalized spacial score (nSPS) is 40.9. The zero-order valence-corrected chi connectivity index (χ0v) is 8.24. The number of amides is 1. The zero-order valence-electron chi connectivity index (χ0n) is 8.24. The fourth-order valence-electron chi connectivity index (χ4n) is 2.51. The van der Waals surface area contributed by atoms with Crippen LogP contribution in [0.5, 0.6) is 0 Å². The Labute approximate surface area is 83.6 Å². The molecule has 3 rings (SSSR count). The summed E-state index contributed by atoms with van der Waals surface area (Å²) in [6.45, 7) is 2.62. The van der Waals surface area contributed by atoms with Gasteiger partial charge in [-0.15, -0.1) is 0 Å². The number of hydrogen-bond acceptors (Lipinski definition) is 3. The number of hydrogen-bond donors (Lipinski definition) is 1. The second kappa shape index (κ2) is 3.21. The summed E-state index contributed by atoms with van der Waals surface area (Å²) in [4.78, 5) is 13.9. The van der Waals surface area contributed by atoms with Crippen LogP contribution in [0.1, 0.15) is 19.3 Å². The summed E-state index contributed by atoms with van der Waals surface area (Å²) in [5.74, 6) is 0.288. The average Bonchev–Trinajstić information content (AvgIpc) is 2.42. The van der Waals surface area contributed by atoms with E-state index in [0.29, 0.717) is 12.2 Å². The highest BCUT2D eigenvalue weighted by atomic mass is 16.5. The van der Waals surface area contributed by atoms with Gasteiger partial charge in [0.25, 0.3) is 0 Å². The SMILES string of the molecule is O=C(C1CCN1)N1CC2CCC(C1)O2. The Morgan fingerprint density at radius 1 is 1.21 bits per heavy atom. The van der Waals surface area contributed by atoms with E-state index in [4.69, 9.17) is 4.74 Å². The van der Waals surface area contributed by atoms with Crippen molar-refractivity contribution >= 4 is 5.91 Å². The molecule has 0 aromatic heterocycles. The maximum Gasteiger partial charge on any atom is 0.239 e. The molecule has 3 aliphatic rings. The molecule has 0 saturated carbocycles. The Kier molecular flexibility index (Phi) is 1.99. The highest BCUT2D eigenvalue weighted by molar-refractivity contribution is 5.83. The lowest BCUT2D eigenvalue weighted by Gasteiger charge is -2.37. The van der Waals surface area contributed by atoms with Crippen LogP contribution in [0.25, 0.3) is 0 Å². The topological polar surface area (TPSA) is 41.6 Å². The van der Waals surface area contributed by atoms with Gasteiger partial charge in [0.15, 0.2) is 0 Å². The van der Waals surface area contributed by atoms with Gasteiger partial charge in [-0.25, -0.2) is 0 Å². The minimum Gasteiger partial charge on any atom is -0.371 e. The summed E-state index contributed by atoms with van der Waals surface area (Å²) in [5, 5.41) is 3.16. The standard InChI is InChI=1S/C10H16N2O2/c13-10(9-3-4-11-9)12-5-7-1-2-8(6-12)14-7/h7-9,11H,1-6H2. The van der Waals surface area contributed by atoms with Gasteiger partial charge < -0.3 is 15.0 Å². The monoisotopic (exact) mass is 196 g/mol. The molecule has 14 heavy (non-hydrogen) atoms. The number of carbonyl (C=O) groups is 1. The molecule has 1 N–H and O–H groups in total. The maximum absolute atomic E-state index is 11.9. The number of morpholine rings is 1. The molecule has 3 saturated heterocycles. The van der Waals surface area contributed by atoms with E-state index >= 15 is 0 Å². The second-order valence-corrected chi connectivity index (χ2v) is 4.50. The molecular formula is C10H16N2O2. The van der Waals surface area contributed by atoms with Crippen LogP contribution in [0.3, 0.4) is 0 Å². The largest absolute Gasteiger partial charge is 0.371 e. The first-order valence-corrected chi connectivity index (χ1v) is 5.50. The van der Waals surface area contributed by atoms with Gasteiger partial charge in [0.2, 0.25) is 5.91 Å². The maximum atomic E-state index is 11.9. The summed E-state index contributed by atoms with van der Waals surface area (Å²) in [7, 11) is 0. The number of carbonyl (C=O) groups excluding carboxylic acids is 1. The third-order valence-corrected chi connectivity index (χ3v) is 3.48. The fraction of sp³-hybridized carbons (Fsp3) is 0.900. The predicted molar refractivity (Wildman–Crippen MR) is 50.9 cm³/mol. The number of likely N-dealkylation sites (tertiary alicyclic amines) is 1. The highest BCUT2D eigenvalue weighted by Gasteiger charge is 2.38. The van der Waals surface area contributed by atoms with E-state index in [0.717, 1.165) is 38.9 Å². The number of rotatable bonds is 1. The van der Waals surface area contributed by atoms with E-state index in [9.17, 15) is 4.79 Å². The van der Waals surface area contributed by atoms with Gasteiger partial charge in [0, 0.05) is 13.1 Å². The molecule has 3 unspecified atom stereocenters. The van der Waals surface area contributed by atoms with Crippen molar-refractivity contribution in [3.8, 4) is 0 Å². The molecule has 0 aliphatic carbocycles. The molecule has 4 nitrogen and oxygen atoms in total. The minimum absolute atomic E-state index is 0.104. The molecule has 1 amide bonds. The first kappa shape index (κ1) is 8.68. The van der Waals surface area contributed by atoms with Gasteiger partial charge in [-0.2, -0.15) is 0 Å². The minimum atomic E-state index is 0.104. The molecule has 78 valence electrons. The van der Waals surface area contributed by atoms with Crippen molar-refractivity contribution in [2.75, 3.05) is 19.6 Å². The van der Waals surface area contributed by atoms with E-state index in [1.54, 1.807) is 0 Å². The first-order valence-electron chi connectivity index (χ1n) is 5.50. The van der Waals surface area contributed by atoms with Crippen LogP contribution in [0.2, 0.25) is 0 Å². The van der Waals surface area contributed by atoms with Crippen molar-refractivity contribution < 1.29 is 9.53 Å². The van der Waals surface area contributed by atoms with Crippen molar-refractivity contribution in [3.05, 3.63) is 0 Å². The number of nitrogens with one attached hydrogen (secondary N) is 1. The molecule has 0 spiro atoms. The van der Waals surface area contributed by atoms with Gasteiger partial charge in [-0.1, -0.05) is 0 Å². The molecule has 0 aromatic carbocycles. The average molecular weight is 196 g/mol. The van der Waals surface area contributed by atoms with E-state index in [1.807, 2.05) is 4.90 Å². The Hall–Kier alpha value is -0.610. The summed E-state index contributed by atoms with van der Waals surface area (Å²) in [6, 6.07) is 0.104. The molecular weight excluding hydrogens is 180 g/mol. The van der Waals surface area contributed by atoms with E-state index < -0.39 is 0 Å². The van der Waals surface area contributed by atoms with Gasteiger partial charge in [-0.05, 0) is 25.8 Å². The van der Waals surface area contributed by atoms with Crippen LogP contribution >= 0.6 is 0 Å². The van der Waals surface area contributed by atoms with Crippen molar-refractivity contribution in [2.45, 2.75) is 37.5 Å². The van der Waals surface area contributed by atoms with Crippen molar-refractivity contribution in [2.24, 2.45) is 0 Å². The molecule has 4 heteroatoms. The van der Waals surface area contributed by atoms with Crippen LogP contribution in [-0.4, -0.2) is 48.7 Å². The third-order valence-electron chi connectivity index (χ3n) is 3.48. The van der Waals surface area contributed by atoms with Crippen molar-refractivity contribution in [3.63, 3.8) is 0 Å². The number of fused-ring (bicyclic) bond motifs is 2. The molecule has 2 bridgehead atoms. The molecule has 3 atom stereocenters. The van der Waals surface area contributed by atoms with Crippen LogP contribution in [-0.2, 0) is 9.53 Å². The lowest BCUT2D eigenvalue weighted by Crippen LogP contribution is -2.57. The first-order chi connectivity index (χ1) is 6.83. The predicted octanol–water partition coefficient (Wildman–Crippen LogP) is -0.262. The number of ether oxygens (including phenoxy) is 1. The molecule has 3 heterocycles. The summed E-state index contributed by atoms with van der Waals surface area (Å²) in [5.41, 5.74) is 0. The van der Waals surface area contributed by atoms with Gasteiger partial charge >= 0.3 is 0 Å². The van der Waals surface area contributed by atoms with Gasteiger partial charge in [0.05, 0.1) is 18.2 Å². The van der Waals surface area contributed by atoms with Crippen LogP contribution in [0.4, 0.5) is 0 Å². The van der Waals surface area contributed by atoms with Crippen LogP contribution in [0, 0.1) is 0 Å². The smallest absolute Gasteiger partial charge is 0.239 e. The summed E-state index contributed by atoms with van der Waals surface area (Å²) >= 11 is 0. The summed E-state index contributed by atoms with van der Waals surface area (Å²) in [6.07, 6.45) is 3.90. The molecule has 3 fully saturated rings. The summed E-state index contributed by atoms with van der Waals surface area (Å²) < 4.78 is 5.69. The molecule has 0 radical (unpaired) electrons. The number of nitrogens with zero attached hydrogens (tertiary/aromatic N) is 1. The second-order valence-electron chi connectivity index (χ2n) is 4.50. The van der Waals surface area contributed by atoms with Crippen LogP contribution in [0.15, 0.2) is 0 Å². The fourth-order valence-corrected chi connectivity index (χ4v) is 2.51. The van der Waals surface area contributed by atoms with Gasteiger partial charge in [-0.3, -0.25) is 4.79 Å². The third kappa shape index (κ3) is 1.33. The Balaban J connectivity index is 1.64. The quantitative estimate of drug-likeness (QED) is 0.628. The van der Waals surface area contributed by atoms with Gasteiger partial charge in [0.1, 0.15) is 0 Å². The van der Waals surface area contributed by atoms with E-state index in [1.165, 1.54) is 0 Å². The Morgan fingerprint density at radius 3 is 2.36 bits per heavy atom. The lowest BCUT2D eigenvalue weighted by molar-refractivity contribution is -0.143. The zero-order chi connectivity index (χ0) is 9.54. The highest BCUT2D eigenvalue weighted by Crippen LogP contribution is 2.27. The van der Waals surface area contributed by atoms with E-state index in [2.05, 4.69) is 5.32 Å².